The second-order valence-electron chi connectivity index (χ2n) is 5.78. The van der Waals surface area contributed by atoms with Crippen LogP contribution in [0.1, 0.15) is 11.4 Å². The molecule has 0 bridgehead atoms. The Morgan fingerprint density at radius 3 is 2.48 bits per heavy atom. The summed E-state index contributed by atoms with van der Waals surface area (Å²) in [6, 6.07) is 9.97. The van der Waals surface area contributed by atoms with Gasteiger partial charge < -0.3 is 14.5 Å². The average Bonchev–Trinajstić information content (AvgIpc) is 3.00. The lowest BCUT2D eigenvalue weighted by Crippen LogP contribution is -2.49. The number of ether oxygens (including phenoxy) is 1. The number of carbonyl (C=O) groups excluding carboxylic acids is 1. The van der Waals surface area contributed by atoms with Crippen LogP contribution in [0.5, 0.6) is 5.75 Å². The van der Waals surface area contributed by atoms with E-state index in [0.29, 0.717) is 6.42 Å². The van der Waals surface area contributed by atoms with E-state index < -0.39 is 0 Å². The van der Waals surface area contributed by atoms with E-state index in [4.69, 9.17) is 4.74 Å². The van der Waals surface area contributed by atoms with E-state index in [1.54, 1.807) is 7.11 Å². The van der Waals surface area contributed by atoms with Crippen molar-refractivity contribution in [1.29, 1.82) is 0 Å². The Bertz CT molecular complexity index is 657. The predicted molar refractivity (Wildman–Crippen MR) is 88.8 cm³/mol. The SMILES string of the molecule is COc1ccc(N2CCN(C(=O)Cc3cc(C)[nH]n3)CC2)cc1. The summed E-state index contributed by atoms with van der Waals surface area (Å²) in [4.78, 5) is 16.6. The van der Waals surface area contributed by atoms with Crippen molar-refractivity contribution in [1.82, 2.24) is 15.1 Å². The second kappa shape index (κ2) is 6.73. The van der Waals surface area contributed by atoms with Crippen LogP contribution in [0.2, 0.25) is 0 Å². The first-order chi connectivity index (χ1) is 11.2. The van der Waals surface area contributed by atoms with Crippen LogP contribution in [-0.4, -0.2) is 54.3 Å². The van der Waals surface area contributed by atoms with E-state index in [9.17, 15) is 4.79 Å². The zero-order valence-corrected chi connectivity index (χ0v) is 13.6. The molecule has 0 spiro atoms. The van der Waals surface area contributed by atoms with Gasteiger partial charge in [-0.15, -0.1) is 0 Å². The van der Waals surface area contributed by atoms with Gasteiger partial charge in [0.25, 0.3) is 0 Å². The van der Waals surface area contributed by atoms with Gasteiger partial charge in [0.2, 0.25) is 5.91 Å². The number of piperazine rings is 1. The number of aryl methyl sites for hydroxylation is 1. The number of amides is 1. The predicted octanol–water partition coefficient (Wildman–Crippen LogP) is 1.62. The van der Waals surface area contributed by atoms with Crippen LogP contribution in [-0.2, 0) is 11.2 Å². The molecule has 23 heavy (non-hydrogen) atoms. The molecule has 1 aliphatic heterocycles. The Morgan fingerprint density at radius 1 is 1.22 bits per heavy atom. The zero-order chi connectivity index (χ0) is 16.2. The minimum atomic E-state index is 0.144. The van der Waals surface area contributed by atoms with Crippen molar-refractivity contribution < 1.29 is 9.53 Å². The van der Waals surface area contributed by atoms with Crippen molar-refractivity contribution in [3.05, 3.63) is 41.7 Å². The molecule has 122 valence electrons. The van der Waals surface area contributed by atoms with Gasteiger partial charge in [0.05, 0.1) is 19.2 Å². The molecule has 1 aromatic carbocycles. The monoisotopic (exact) mass is 314 g/mol. The summed E-state index contributed by atoms with van der Waals surface area (Å²) in [5.74, 6) is 1.00. The lowest BCUT2D eigenvalue weighted by atomic mass is 10.2. The molecule has 2 heterocycles. The second-order valence-corrected chi connectivity index (χ2v) is 5.78. The number of rotatable bonds is 4. The molecule has 6 heteroatoms. The first-order valence-corrected chi connectivity index (χ1v) is 7.83. The van der Waals surface area contributed by atoms with Gasteiger partial charge in [-0.3, -0.25) is 9.89 Å². The Kier molecular flexibility index (Phi) is 4.50. The average molecular weight is 314 g/mol. The number of benzene rings is 1. The molecule has 3 rings (SSSR count). The molecule has 1 N–H and O–H groups in total. The number of H-pyrrole nitrogens is 1. The molecule has 0 atom stereocenters. The van der Waals surface area contributed by atoms with E-state index in [1.165, 1.54) is 5.69 Å². The normalized spacial score (nSPS) is 14.9. The quantitative estimate of drug-likeness (QED) is 0.931. The van der Waals surface area contributed by atoms with Gasteiger partial charge in [-0.25, -0.2) is 0 Å². The van der Waals surface area contributed by atoms with Crippen LogP contribution in [0.25, 0.3) is 0 Å². The summed E-state index contributed by atoms with van der Waals surface area (Å²) in [7, 11) is 1.67. The lowest BCUT2D eigenvalue weighted by Gasteiger charge is -2.36. The van der Waals surface area contributed by atoms with E-state index in [-0.39, 0.29) is 5.91 Å². The largest absolute Gasteiger partial charge is 0.497 e. The van der Waals surface area contributed by atoms with Crippen molar-refractivity contribution in [2.45, 2.75) is 13.3 Å². The molecule has 0 saturated carbocycles. The molecule has 0 radical (unpaired) electrons. The smallest absolute Gasteiger partial charge is 0.228 e. The lowest BCUT2D eigenvalue weighted by molar-refractivity contribution is -0.130. The van der Waals surface area contributed by atoms with Gasteiger partial charge in [0.1, 0.15) is 5.75 Å². The highest BCUT2D eigenvalue weighted by Gasteiger charge is 2.22. The van der Waals surface area contributed by atoms with Crippen LogP contribution in [0.3, 0.4) is 0 Å². The number of aromatic nitrogens is 2. The fourth-order valence-corrected chi connectivity index (χ4v) is 2.84. The molecule has 1 fully saturated rings. The van der Waals surface area contributed by atoms with Crippen LogP contribution >= 0.6 is 0 Å². The Hall–Kier alpha value is -2.50. The maximum absolute atomic E-state index is 12.3. The van der Waals surface area contributed by atoms with Gasteiger partial charge >= 0.3 is 0 Å². The first-order valence-electron chi connectivity index (χ1n) is 7.83. The van der Waals surface area contributed by atoms with Crippen molar-refractivity contribution in [3.8, 4) is 5.75 Å². The van der Waals surface area contributed by atoms with Crippen LogP contribution in [0, 0.1) is 6.92 Å². The van der Waals surface area contributed by atoms with Crippen molar-refractivity contribution >= 4 is 11.6 Å². The molecule has 0 aliphatic carbocycles. The van der Waals surface area contributed by atoms with Gasteiger partial charge in [0, 0.05) is 37.6 Å². The number of nitrogens with zero attached hydrogens (tertiary/aromatic N) is 3. The van der Waals surface area contributed by atoms with Crippen LogP contribution < -0.4 is 9.64 Å². The van der Waals surface area contributed by atoms with Crippen molar-refractivity contribution in [2.75, 3.05) is 38.2 Å². The summed E-state index contributed by atoms with van der Waals surface area (Å²) in [6.45, 7) is 5.12. The van der Waals surface area contributed by atoms with E-state index in [2.05, 4.69) is 27.2 Å². The van der Waals surface area contributed by atoms with Crippen molar-refractivity contribution in [2.24, 2.45) is 0 Å². The number of hydrogen-bond acceptors (Lipinski definition) is 4. The molecule has 1 aliphatic rings. The Balaban J connectivity index is 1.54. The summed E-state index contributed by atoms with van der Waals surface area (Å²) >= 11 is 0. The van der Waals surface area contributed by atoms with E-state index >= 15 is 0 Å². The maximum atomic E-state index is 12.3. The Labute approximate surface area is 136 Å². The van der Waals surface area contributed by atoms with Crippen LogP contribution in [0.15, 0.2) is 30.3 Å². The first kappa shape index (κ1) is 15.4. The minimum absolute atomic E-state index is 0.144. The maximum Gasteiger partial charge on any atom is 0.228 e. The third-order valence-corrected chi connectivity index (χ3v) is 4.16. The topological polar surface area (TPSA) is 61.5 Å². The summed E-state index contributed by atoms with van der Waals surface area (Å²) in [5.41, 5.74) is 2.96. The van der Waals surface area contributed by atoms with Gasteiger partial charge in [-0.2, -0.15) is 5.10 Å². The fourth-order valence-electron chi connectivity index (χ4n) is 2.84. The molecule has 1 saturated heterocycles. The van der Waals surface area contributed by atoms with Gasteiger partial charge in [-0.1, -0.05) is 0 Å². The highest BCUT2D eigenvalue weighted by Crippen LogP contribution is 2.20. The molecule has 6 nitrogen and oxygen atoms in total. The molecule has 2 aromatic rings. The van der Waals surface area contributed by atoms with Crippen molar-refractivity contribution in [3.63, 3.8) is 0 Å². The fraction of sp³-hybridized carbons (Fsp3) is 0.412. The van der Waals surface area contributed by atoms with E-state index in [1.807, 2.05) is 30.0 Å². The molecular formula is C17H22N4O2. The number of aromatic amines is 1. The molecular weight excluding hydrogens is 292 g/mol. The van der Waals surface area contributed by atoms with Crippen LogP contribution in [0.4, 0.5) is 5.69 Å². The number of hydrogen-bond donors (Lipinski definition) is 1. The Morgan fingerprint density at radius 2 is 1.91 bits per heavy atom. The van der Waals surface area contributed by atoms with E-state index in [0.717, 1.165) is 43.3 Å². The number of carbonyl (C=O) groups is 1. The third-order valence-electron chi connectivity index (χ3n) is 4.16. The van der Waals surface area contributed by atoms with Gasteiger partial charge in [0.15, 0.2) is 0 Å². The third kappa shape index (κ3) is 3.64. The highest BCUT2D eigenvalue weighted by molar-refractivity contribution is 5.78. The highest BCUT2D eigenvalue weighted by atomic mass is 16.5. The number of nitrogens with one attached hydrogen (secondary N) is 1. The minimum Gasteiger partial charge on any atom is -0.497 e. The summed E-state index contributed by atoms with van der Waals surface area (Å²) in [6.07, 6.45) is 0.368. The molecule has 1 amide bonds. The molecule has 1 aromatic heterocycles. The summed E-state index contributed by atoms with van der Waals surface area (Å²) < 4.78 is 5.18. The molecule has 0 unspecified atom stereocenters. The zero-order valence-electron chi connectivity index (χ0n) is 13.6. The van der Waals surface area contributed by atoms with Gasteiger partial charge in [-0.05, 0) is 37.3 Å². The number of methoxy groups -OCH3 is 1. The standard InChI is InChI=1S/C17H22N4O2/c1-13-11-14(19-18-13)12-17(22)21-9-7-20(8-10-21)15-3-5-16(23-2)6-4-15/h3-6,11H,7-10,12H2,1-2H3,(H,18,19). The number of anilines is 1. The summed E-state index contributed by atoms with van der Waals surface area (Å²) in [5, 5.41) is 7.01.